The Balaban J connectivity index is 0.00000121. The van der Waals surface area contributed by atoms with Gasteiger partial charge in [0.25, 0.3) is 0 Å². The first-order valence-electron chi connectivity index (χ1n) is 4.38. The quantitative estimate of drug-likeness (QED) is 0.669. The van der Waals surface area contributed by atoms with Crippen LogP contribution in [0.25, 0.3) is 0 Å². The number of hydrogen-bond donors (Lipinski definition) is 2. The molecule has 0 radical (unpaired) electrons. The van der Waals surface area contributed by atoms with E-state index in [-0.39, 0.29) is 18.5 Å². The number of likely N-dealkylation sites (tertiary alicyclic amines) is 1. The van der Waals surface area contributed by atoms with Gasteiger partial charge in [0.2, 0.25) is 0 Å². The molecule has 0 spiro atoms. The highest BCUT2D eigenvalue weighted by Crippen LogP contribution is 2.08. The van der Waals surface area contributed by atoms with E-state index in [4.69, 9.17) is 0 Å². The topological polar surface area (TPSA) is 35.5 Å². The van der Waals surface area contributed by atoms with Crippen molar-refractivity contribution in [3.05, 3.63) is 0 Å². The molecule has 1 rings (SSSR count). The molecule has 0 aromatic heterocycles. The van der Waals surface area contributed by atoms with Crippen molar-refractivity contribution in [3.8, 4) is 0 Å². The minimum Gasteiger partial charge on any atom is -0.393 e. The molecule has 74 valence electrons. The number of aliphatic hydroxyl groups excluding tert-OH is 1. The Morgan fingerprint density at radius 2 is 2.00 bits per heavy atom. The molecule has 4 heteroatoms. The van der Waals surface area contributed by atoms with Crippen LogP contribution in [0.15, 0.2) is 0 Å². The lowest BCUT2D eigenvalue weighted by molar-refractivity contribution is 0.0833. The van der Waals surface area contributed by atoms with E-state index in [9.17, 15) is 5.11 Å². The fourth-order valence-electron chi connectivity index (χ4n) is 1.41. The molecule has 0 amide bonds. The molecule has 2 N–H and O–H groups in total. The van der Waals surface area contributed by atoms with Gasteiger partial charge in [-0.15, -0.1) is 12.4 Å². The van der Waals surface area contributed by atoms with Gasteiger partial charge < -0.3 is 15.3 Å². The number of nitrogens with one attached hydrogen (secondary N) is 1. The molecular formula is C8H19ClN2O. The van der Waals surface area contributed by atoms with E-state index in [1.54, 1.807) is 0 Å². The second kappa shape index (κ2) is 6.66. The average molecular weight is 195 g/mol. The van der Waals surface area contributed by atoms with Crippen molar-refractivity contribution in [2.75, 3.05) is 33.2 Å². The van der Waals surface area contributed by atoms with Crippen molar-refractivity contribution in [1.82, 2.24) is 10.2 Å². The van der Waals surface area contributed by atoms with Gasteiger partial charge in [0.15, 0.2) is 0 Å². The standard InChI is InChI=1S/C8H18N2O.ClH/c1-9-4-7-10-5-2-8(11)3-6-10;/h8-9,11H,2-7H2,1H3;1H. The molecule has 1 saturated heterocycles. The van der Waals surface area contributed by atoms with Crippen LogP contribution >= 0.6 is 12.4 Å². The lowest BCUT2D eigenvalue weighted by Crippen LogP contribution is -2.39. The first-order valence-corrected chi connectivity index (χ1v) is 4.38. The van der Waals surface area contributed by atoms with Crippen molar-refractivity contribution in [2.45, 2.75) is 18.9 Å². The summed E-state index contributed by atoms with van der Waals surface area (Å²) in [5, 5.41) is 12.3. The maximum Gasteiger partial charge on any atom is 0.0564 e. The van der Waals surface area contributed by atoms with Gasteiger partial charge in [0, 0.05) is 26.2 Å². The third-order valence-corrected chi connectivity index (χ3v) is 2.24. The number of hydrogen-bond acceptors (Lipinski definition) is 3. The van der Waals surface area contributed by atoms with Gasteiger partial charge in [-0.25, -0.2) is 0 Å². The molecule has 12 heavy (non-hydrogen) atoms. The van der Waals surface area contributed by atoms with Crippen molar-refractivity contribution in [2.24, 2.45) is 0 Å². The third-order valence-electron chi connectivity index (χ3n) is 2.24. The van der Waals surface area contributed by atoms with Gasteiger partial charge in [0.05, 0.1) is 6.10 Å². The molecule has 0 saturated carbocycles. The lowest BCUT2D eigenvalue weighted by atomic mass is 10.1. The SMILES string of the molecule is CNCCN1CCC(O)CC1.Cl. The van der Waals surface area contributed by atoms with Crippen LogP contribution in [0.4, 0.5) is 0 Å². The molecule has 1 fully saturated rings. The Morgan fingerprint density at radius 3 is 2.50 bits per heavy atom. The molecule has 1 aliphatic rings. The van der Waals surface area contributed by atoms with E-state index in [2.05, 4.69) is 10.2 Å². The van der Waals surface area contributed by atoms with Crippen molar-refractivity contribution in [3.63, 3.8) is 0 Å². The molecule has 0 atom stereocenters. The second-order valence-corrected chi connectivity index (χ2v) is 3.18. The summed E-state index contributed by atoms with van der Waals surface area (Å²) in [4.78, 5) is 2.39. The first kappa shape index (κ1) is 12.2. The van der Waals surface area contributed by atoms with E-state index >= 15 is 0 Å². The second-order valence-electron chi connectivity index (χ2n) is 3.18. The molecule has 0 aliphatic carbocycles. The predicted molar refractivity (Wildman–Crippen MR) is 52.9 cm³/mol. The number of likely N-dealkylation sites (N-methyl/N-ethyl adjacent to an activating group) is 1. The molecule has 0 bridgehead atoms. The van der Waals surface area contributed by atoms with Gasteiger partial charge in [-0.1, -0.05) is 0 Å². The predicted octanol–water partition coefficient (Wildman–Crippen LogP) is 0.0843. The summed E-state index contributed by atoms with van der Waals surface area (Å²) in [6.45, 7) is 4.28. The monoisotopic (exact) mass is 194 g/mol. The molecule has 0 aromatic rings. The normalized spacial score (nSPS) is 20.5. The highest BCUT2D eigenvalue weighted by atomic mass is 35.5. The summed E-state index contributed by atoms with van der Waals surface area (Å²) in [7, 11) is 1.97. The fraction of sp³-hybridized carbons (Fsp3) is 1.00. The first-order chi connectivity index (χ1) is 5.33. The van der Waals surface area contributed by atoms with Gasteiger partial charge in [-0.2, -0.15) is 0 Å². The van der Waals surface area contributed by atoms with E-state index < -0.39 is 0 Å². The number of aliphatic hydroxyl groups is 1. The van der Waals surface area contributed by atoms with Crippen LogP contribution in [0.5, 0.6) is 0 Å². The van der Waals surface area contributed by atoms with Crippen molar-refractivity contribution in [1.29, 1.82) is 0 Å². The van der Waals surface area contributed by atoms with Crippen LogP contribution < -0.4 is 5.32 Å². The number of piperidine rings is 1. The highest BCUT2D eigenvalue weighted by molar-refractivity contribution is 5.85. The van der Waals surface area contributed by atoms with E-state index in [0.717, 1.165) is 39.0 Å². The lowest BCUT2D eigenvalue weighted by Gasteiger charge is -2.29. The average Bonchev–Trinajstić information content (AvgIpc) is 2.04. The maximum absolute atomic E-state index is 9.21. The number of halogens is 1. The van der Waals surface area contributed by atoms with Crippen molar-refractivity contribution >= 4 is 12.4 Å². The third kappa shape index (κ3) is 4.26. The fourth-order valence-corrected chi connectivity index (χ4v) is 1.41. The molecule has 0 aromatic carbocycles. The van der Waals surface area contributed by atoms with Crippen LogP contribution in [0.2, 0.25) is 0 Å². The Bertz CT molecular complexity index is 102. The summed E-state index contributed by atoms with van der Waals surface area (Å²) < 4.78 is 0. The Labute approximate surface area is 80.5 Å². The number of rotatable bonds is 3. The van der Waals surface area contributed by atoms with E-state index in [1.165, 1.54) is 0 Å². The van der Waals surface area contributed by atoms with Crippen LogP contribution in [-0.2, 0) is 0 Å². The molecule has 1 aliphatic heterocycles. The zero-order valence-corrected chi connectivity index (χ0v) is 8.44. The van der Waals surface area contributed by atoms with E-state index in [1.807, 2.05) is 7.05 Å². The largest absolute Gasteiger partial charge is 0.393 e. The van der Waals surface area contributed by atoms with Crippen molar-refractivity contribution < 1.29 is 5.11 Å². The smallest absolute Gasteiger partial charge is 0.0564 e. The molecule has 1 heterocycles. The van der Waals surface area contributed by atoms with Gasteiger partial charge in [0.1, 0.15) is 0 Å². The highest BCUT2D eigenvalue weighted by Gasteiger charge is 2.15. The summed E-state index contributed by atoms with van der Waals surface area (Å²) in [5.74, 6) is 0. The van der Waals surface area contributed by atoms with Crippen LogP contribution in [-0.4, -0.2) is 49.3 Å². The molecular weight excluding hydrogens is 176 g/mol. The minimum absolute atomic E-state index is 0. The maximum atomic E-state index is 9.21. The van der Waals surface area contributed by atoms with Gasteiger partial charge >= 0.3 is 0 Å². The summed E-state index contributed by atoms with van der Waals surface area (Å²) in [6.07, 6.45) is 1.86. The Hall–Kier alpha value is 0.170. The summed E-state index contributed by atoms with van der Waals surface area (Å²) in [5.41, 5.74) is 0. The van der Waals surface area contributed by atoms with Crippen LogP contribution in [0.3, 0.4) is 0 Å². The van der Waals surface area contributed by atoms with E-state index in [0.29, 0.717) is 0 Å². The zero-order chi connectivity index (χ0) is 8.10. The minimum atomic E-state index is -0.0409. The number of nitrogens with zero attached hydrogens (tertiary/aromatic N) is 1. The van der Waals surface area contributed by atoms with Gasteiger partial charge in [-0.3, -0.25) is 0 Å². The summed E-state index contributed by atoms with van der Waals surface area (Å²) in [6, 6.07) is 0. The Morgan fingerprint density at radius 1 is 1.42 bits per heavy atom. The zero-order valence-electron chi connectivity index (χ0n) is 7.62. The molecule has 0 unspecified atom stereocenters. The van der Waals surface area contributed by atoms with Gasteiger partial charge in [-0.05, 0) is 19.9 Å². The summed E-state index contributed by atoms with van der Waals surface area (Å²) >= 11 is 0. The Kier molecular flexibility index (Phi) is 6.76. The molecule has 3 nitrogen and oxygen atoms in total. The van der Waals surface area contributed by atoms with Crippen LogP contribution in [0.1, 0.15) is 12.8 Å². The van der Waals surface area contributed by atoms with Crippen LogP contribution in [0, 0.1) is 0 Å².